The first-order valence-electron chi connectivity index (χ1n) is 16.5. The highest BCUT2D eigenvalue weighted by Crippen LogP contribution is 2.23. The molecule has 0 aliphatic carbocycles. The molecule has 2 aromatic carbocycles. The van der Waals surface area contributed by atoms with E-state index in [1.807, 2.05) is 12.2 Å². The molecule has 7 nitrogen and oxygen atoms in total. The number of ether oxygens (including phenoxy) is 4. The molecule has 0 radical (unpaired) electrons. The summed E-state index contributed by atoms with van der Waals surface area (Å²) in [5.74, 6) is -0.474. The number of benzene rings is 2. The Hall–Kier alpha value is -4.39. The molecule has 0 aliphatic rings. The van der Waals surface area contributed by atoms with Crippen LogP contribution in [0.15, 0.2) is 86.0 Å². The van der Waals surface area contributed by atoms with Gasteiger partial charge in [-0.2, -0.15) is 0 Å². The number of allylic oxidation sites excluding steroid dienone is 2. The van der Waals surface area contributed by atoms with Crippen LogP contribution in [0.1, 0.15) is 101 Å². The number of hydrogen-bond acceptors (Lipinski definition) is 7. The van der Waals surface area contributed by atoms with Crippen LogP contribution < -0.4 is 9.47 Å². The van der Waals surface area contributed by atoms with Gasteiger partial charge < -0.3 is 18.9 Å². The van der Waals surface area contributed by atoms with Crippen LogP contribution in [0.5, 0.6) is 11.5 Å². The molecule has 0 heterocycles. The lowest BCUT2D eigenvalue weighted by atomic mass is 10.1. The van der Waals surface area contributed by atoms with Gasteiger partial charge in [0.25, 0.3) is 0 Å². The Labute approximate surface area is 275 Å². The molecule has 2 rings (SSSR count). The molecule has 0 aliphatic heterocycles. The van der Waals surface area contributed by atoms with Gasteiger partial charge in [-0.3, -0.25) is 0 Å². The van der Waals surface area contributed by atoms with Crippen molar-refractivity contribution in [3.05, 3.63) is 97.1 Å². The van der Waals surface area contributed by atoms with Crippen LogP contribution >= 0.6 is 0 Å². The SMILES string of the molecule is C=CCCCCCCCCOC(=O)/C=C\c1ccccc1OC(=O)Oc1ccccc1/C=C/C(=O)OCCCCCCCCC=C. The monoisotopic (exact) mass is 630 g/mol. The minimum absolute atomic E-state index is 0.223. The largest absolute Gasteiger partial charge is 0.519 e. The summed E-state index contributed by atoms with van der Waals surface area (Å²) in [6.07, 6.45) is 23.8. The fraction of sp³-hybridized carbons (Fsp3) is 0.410. The van der Waals surface area contributed by atoms with Crippen molar-refractivity contribution in [3.63, 3.8) is 0 Å². The van der Waals surface area contributed by atoms with Crippen LogP contribution in [0.25, 0.3) is 12.2 Å². The summed E-state index contributed by atoms with van der Waals surface area (Å²) >= 11 is 0. The smallest absolute Gasteiger partial charge is 0.463 e. The van der Waals surface area contributed by atoms with E-state index >= 15 is 0 Å². The van der Waals surface area contributed by atoms with Crippen LogP contribution in [0.3, 0.4) is 0 Å². The van der Waals surface area contributed by atoms with Gasteiger partial charge in [0.05, 0.1) is 13.2 Å². The average Bonchev–Trinajstić information content (AvgIpc) is 3.06. The quantitative estimate of drug-likeness (QED) is 0.0375. The standard InChI is InChI=1S/C39H50O7/c1-3-5-7-9-11-13-15-21-31-43-37(40)29-27-33-23-17-19-25-35(33)45-39(42)46-36-26-20-18-24-34(36)28-30-38(41)44-32-22-16-14-12-10-8-6-4-2/h3-4,17-20,23-30H,1-2,5-16,21-22,31-32H2/b29-27-,30-28+. The van der Waals surface area contributed by atoms with Gasteiger partial charge in [-0.25, -0.2) is 14.4 Å². The zero-order chi connectivity index (χ0) is 33.1. The third-order valence-electron chi connectivity index (χ3n) is 7.12. The van der Waals surface area contributed by atoms with Gasteiger partial charge in [0.1, 0.15) is 11.5 Å². The van der Waals surface area contributed by atoms with Crippen molar-refractivity contribution in [3.8, 4) is 11.5 Å². The molecule has 46 heavy (non-hydrogen) atoms. The molecule has 0 saturated carbocycles. The molecule has 0 bridgehead atoms. The molecule has 248 valence electrons. The van der Waals surface area contributed by atoms with E-state index in [4.69, 9.17) is 18.9 Å². The van der Waals surface area contributed by atoms with E-state index in [1.165, 1.54) is 62.8 Å². The van der Waals surface area contributed by atoms with Gasteiger partial charge in [0.2, 0.25) is 0 Å². The van der Waals surface area contributed by atoms with E-state index in [2.05, 4.69) is 13.2 Å². The Bertz CT molecular complexity index is 1160. The number of para-hydroxylation sites is 2. The minimum atomic E-state index is -0.958. The highest BCUT2D eigenvalue weighted by atomic mass is 16.7. The predicted octanol–water partition coefficient (Wildman–Crippen LogP) is 10.2. The van der Waals surface area contributed by atoms with E-state index < -0.39 is 18.1 Å². The maximum atomic E-state index is 12.7. The van der Waals surface area contributed by atoms with Gasteiger partial charge in [-0.05, 0) is 62.8 Å². The number of carbonyl (C=O) groups is 3. The zero-order valence-corrected chi connectivity index (χ0v) is 27.2. The Morgan fingerprint density at radius 2 is 0.891 bits per heavy atom. The summed E-state index contributed by atoms with van der Waals surface area (Å²) in [6, 6.07) is 13.6. The zero-order valence-electron chi connectivity index (χ0n) is 27.2. The van der Waals surface area contributed by atoms with E-state index in [0.717, 1.165) is 51.4 Å². The summed E-state index contributed by atoms with van der Waals surface area (Å²) in [6.45, 7) is 8.20. The van der Waals surface area contributed by atoms with Gasteiger partial charge in [-0.15, -0.1) is 13.2 Å². The third kappa shape index (κ3) is 17.8. The molecule has 0 saturated heterocycles. The Balaban J connectivity index is 1.78. The molecule has 0 atom stereocenters. The van der Waals surface area contributed by atoms with Crippen molar-refractivity contribution < 1.29 is 33.3 Å². The lowest BCUT2D eigenvalue weighted by Gasteiger charge is -2.10. The van der Waals surface area contributed by atoms with Crippen molar-refractivity contribution in [1.82, 2.24) is 0 Å². The van der Waals surface area contributed by atoms with Crippen LogP contribution in [-0.2, 0) is 19.1 Å². The van der Waals surface area contributed by atoms with Crippen molar-refractivity contribution >= 4 is 30.2 Å². The van der Waals surface area contributed by atoms with Crippen LogP contribution in [0.4, 0.5) is 4.79 Å². The highest BCUT2D eigenvalue weighted by molar-refractivity contribution is 5.88. The first-order chi connectivity index (χ1) is 22.5. The molecular weight excluding hydrogens is 580 g/mol. The van der Waals surface area contributed by atoms with Gasteiger partial charge in [0.15, 0.2) is 0 Å². The van der Waals surface area contributed by atoms with Crippen molar-refractivity contribution in [1.29, 1.82) is 0 Å². The summed E-state index contributed by atoms with van der Waals surface area (Å²) in [5, 5.41) is 0. The Kier molecular flexibility index (Phi) is 20.4. The van der Waals surface area contributed by atoms with Crippen LogP contribution in [0, 0.1) is 0 Å². The third-order valence-corrected chi connectivity index (χ3v) is 7.12. The molecule has 0 fully saturated rings. The van der Waals surface area contributed by atoms with Crippen molar-refractivity contribution in [2.24, 2.45) is 0 Å². The van der Waals surface area contributed by atoms with Crippen molar-refractivity contribution in [2.45, 2.75) is 89.9 Å². The number of carbonyl (C=O) groups excluding carboxylic acids is 3. The average molecular weight is 631 g/mol. The molecular formula is C39H50O7. The topological polar surface area (TPSA) is 88.1 Å². The fourth-order valence-corrected chi connectivity index (χ4v) is 4.58. The summed E-state index contributed by atoms with van der Waals surface area (Å²) in [7, 11) is 0. The molecule has 0 spiro atoms. The number of esters is 2. The predicted molar refractivity (Wildman–Crippen MR) is 185 cm³/mol. The molecule has 0 unspecified atom stereocenters. The molecule has 2 aromatic rings. The second-order valence-corrected chi connectivity index (χ2v) is 10.9. The van der Waals surface area contributed by atoms with E-state index in [-0.39, 0.29) is 11.5 Å². The number of rotatable bonds is 24. The molecule has 0 N–H and O–H groups in total. The van der Waals surface area contributed by atoms with Crippen molar-refractivity contribution in [2.75, 3.05) is 13.2 Å². The lowest BCUT2D eigenvalue weighted by molar-refractivity contribution is -0.138. The normalized spacial score (nSPS) is 11.0. The van der Waals surface area contributed by atoms with Crippen LogP contribution in [0.2, 0.25) is 0 Å². The summed E-state index contributed by atoms with van der Waals surface area (Å²) < 4.78 is 21.5. The second kappa shape index (κ2) is 24.9. The lowest BCUT2D eigenvalue weighted by Crippen LogP contribution is -2.15. The number of hydrogen-bond donors (Lipinski definition) is 0. The summed E-state index contributed by atoms with van der Waals surface area (Å²) in [4.78, 5) is 37.1. The molecule has 0 aromatic heterocycles. The van der Waals surface area contributed by atoms with E-state index in [9.17, 15) is 14.4 Å². The first-order valence-corrected chi connectivity index (χ1v) is 16.5. The molecule has 7 heteroatoms. The van der Waals surface area contributed by atoms with Gasteiger partial charge >= 0.3 is 18.1 Å². The van der Waals surface area contributed by atoms with Gasteiger partial charge in [-0.1, -0.05) is 99.9 Å². The first kappa shape index (κ1) is 37.8. The van der Waals surface area contributed by atoms with Crippen LogP contribution in [-0.4, -0.2) is 31.3 Å². The Morgan fingerprint density at radius 3 is 1.30 bits per heavy atom. The highest BCUT2D eigenvalue weighted by Gasteiger charge is 2.13. The molecule has 0 amide bonds. The minimum Gasteiger partial charge on any atom is -0.463 e. The maximum Gasteiger partial charge on any atom is 0.519 e. The van der Waals surface area contributed by atoms with E-state index in [1.54, 1.807) is 48.5 Å². The number of unbranched alkanes of at least 4 members (excludes halogenated alkanes) is 12. The van der Waals surface area contributed by atoms with E-state index in [0.29, 0.717) is 24.3 Å². The fourth-order valence-electron chi connectivity index (χ4n) is 4.58. The maximum absolute atomic E-state index is 12.7. The Morgan fingerprint density at radius 1 is 0.522 bits per heavy atom. The summed E-state index contributed by atoms with van der Waals surface area (Å²) in [5.41, 5.74) is 1.03. The van der Waals surface area contributed by atoms with Gasteiger partial charge in [0, 0.05) is 23.3 Å². The second-order valence-electron chi connectivity index (χ2n) is 10.9.